The normalized spacial score (nSPS) is 13.7. The van der Waals surface area contributed by atoms with Gasteiger partial charge in [0.2, 0.25) is 15.9 Å². The highest BCUT2D eigenvalue weighted by atomic mass is 32.2. The number of aromatic nitrogens is 2. The van der Waals surface area contributed by atoms with Gasteiger partial charge in [0.05, 0.1) is 11.3 Å². The number of anilines is 2. The van der Waals surface area contributed by atoms with E-state index in [1.807, 2.05) is 24.3 Å². The van der Waals surface area contributed by atoms with Crippen LogP contribution in [0.1, 0.15) is 18.4 Å². The quantitative estimate of drug-likeness (QED) is 0.370. The van der Waals surface area contributed by atoms with Crippen molar-refractivity contribution in [1.82, 2.24) is 10.2 Å². The molecule has 0 aliphatic heterocycles. The van der Waals surface area contributed by atoms with Crippen LogP contribution in [0.15, 0.2) is 66.7 Å². The molecule has 0 saturated heterocycles. The molecule has 1 heterocycles. The van der Waals surface area contributed by atoms with Crippen LogP contribution in [-0.2, 0) is 20.6 Å². The molecule has 4 aromatic rings. The zero-order chi connectivity index (χ0) is 23.0. The zero-order valence-electron chi connectivity index (χ0n) is 17.5. The first-order valence-electron chi connectivity index (χ1n) is 10.5. The Labute approximate surface area is 190 Å². The minimum absolute atomic E-state index is 0.00639. The Morgan fingerprint density at radius 2 is 1.79 bits per heavy atom. The lowest BCUT2D eigenvalue weighted by molar-refractivity contribution is -0.117. The number of rotatable bonds is 7. The van der Waals surface area contributed by atoms with Crippen LogP contribution in [0.5, 0.6) is 0 Å². The van der Waals surface area contributed by atoms with E-state index in [0.29, 0.717) is 17.1 Å². The third-order valence-electron chi connectivity index (χ3n) is 5.49. The molecule has 1 aliphatic carbocycles. The summed E-state index contributed by atoms with van der Waals surface area (Å²) in [6.07, 6.45) is 1.84. The van der Waals surface area contributed by atoms with Crippen LogP contribution < -0.4 is 10.0 Å². The first-order chi connectivity index (χ1) is 15.9. The van der Waals surface area contributed by atoms with Crippen molar-refractivity contribution < 1.29 is 17.6 Å². The molecule has 1 fully saturated rings. The Morgan fingerprint density at radius 3 is 2.55 bits per heavy atom. The van der Waals surface area contributed by atoms with E-state index in [9.17, 15) is 17.6 Å². The predicted molar refractivity (Wildman–Crippen MR) is 126 cm³/mol. The van der Waals surface area contributed by atoms with Gasteiger partial charge < -0.3 is 5.32 Å². The number of nitrogens with zero attached hydrogens (tertiary/aromatic N) is 1. The number of H-pyrrole nitrogens is 1. The molecule has 5 rings (SSSR count). The predicted octanol–water partition coefficient (Wildman–Crippen LogP) is 4.66. The SMILES string of the molecule is O=C(Nc1n[nH]c2cc(-c3cccc(NS(=O)(=O)Cc4ccc(F)cc4)c3)ccc12)C1CC1. The minimum atomic E-state index is -3.67. The van der Waals surface area contributed by atoms with E-state index in [-0.39, 0.29) is 17.6 Å². The summed E-state index contributed by atoms with van der Waals surface area (Å²) in [6, 6.07) is 18.1. The maximum atomic E-state index is 13.1. The number of halogens is 1. The van der Waals surface area contributed by atoms with E-state index in [2.05, 4.69) is 20.2 Å². The summed E-state index contributed by atoms with van der Waals surface area (Å²) >= 11 is 0. The van der Waals surface area contributed by atoms with Crippen LogP contribution in [-0.4, -0.2) is 24.5 Å². The first kappa shape index (κ1) is 21.1. The highest BCUT2D eigenvalue weighted by Gasteiger charge is 2.30. The Kier molecular flexibility index (Phi) is 5.33. The molecule has 3 N–H and O–H groups in total. The number of sulfonamides is 1. The van der Waals surface area contributed by atoms with Crippen LogP contribution in [0.3, 0.4) is 0 Å². The molecule has 7 nitrogen and oxygen atoms in total. The number of aromatic amines is 1. The van der Waals surface area contributed by atoms with E-state index in [1.165, 1.54) is 24.3 Å². The number of carbonyl (C=O) groups excluding carboxylic acids is 1. The van der Waals surface area contributed by atoms with Gasteiger partial charge in [-0.05, 0) is 65.9 Å². The lowest BCUT2D eigenvalue weighted by Gasteiger charge is -2.10. The molecule has 1 saturated carbocycles. The van der Waals surface area contributed by atoms with Gasteiger partial charge in [0.25, 0.3) is 0 Å². The lowest BCUT2D eigenvalue weighted by Crippen LogP contribution is -2.15. The summed E-state index contributed by atoms with van der Waals surface area (Å²) in [6.45, 7) is 0. The average Bonchev–Trinajstić information content (AvgIpc) is 3.57. The third kappa shape index (κ3) is 4.88. The van der Waals surface area contributed by atoms with Crippen LogP contribution in [0, 0.1) is 11.7 Å². The Hall–Kier alpha value is -3.72. The smallest absolute Gasteiger partial charge is 0.236 e. The van der Waals surface area contributed by atoms with E-state index in [0.717, 1.165) is 34.9 Å². The van der Waals surface area contributed by atoms with Crippen molar-refractivity contribution in [2.75, 3.05) is 10.0 Å². The van der Waals surface area contributed by atoms with Gasteiger partial charge in [-0.2, -0.15) is 5.10 Å². The number of nitrogens with one attached hydrogen (secondary N) is 3. The molecular weight excluding hydrogens is 443 g/mol. The van der Waals surface area contributed by atoms with Crippen molar-refractivity contribution >= 4 is 38.3 Å². The van der Waals surface area contributed by atoms with Gasteiger partial charge in [-0.15, -0.1) is 0 Å². The number of hydrogen-bond donors (Lipinski definition) is 3. The third-order valence-corrected chi connectivity index (χ3v) is 6.75. The molecule has 1 aromatic heterocycles. The van der Waals surface area contributed by atoms with Gasteiger partial charge in [0.1, 0.15) is 5.82 Å². The molecule has 0 unspecified atom stereocenters. The van der Waals surface area contributed by atoms with Crippen LogP contribution in [0.2, 0.25) is 0 Å². The summed E-state index contributed by atoms with van der Waals surface area (Å²) < 4.78 is 40.8. The van der Waals surface area contributed by atoms with E-state index >= 15 is 0 Å². The van der Waals surface area contributed by atoms with Crippen molar-refractivity contribution in [2.24, 2.45) is 5.92 Å². The van der Waals surface area contributed by atoms with Crippen LogP contribution in [0.4, 0.5) is 15.9 Å². The number of benzene rings is 3. The summed E-state index contributed by atoms with van der Waals surface area (Å²) in [5, 5.41) is 10.8. The molecular formula is C24H21FN4O3S. The number of carbonyl (C=O) groups is 1. The summed E-state index contributed by atoms with van der Waals surface area (Å²) in [4.78, 5) is 12.0. The maximum Gasteiger partial charge on any atom is 0.236 e. The van der Waals surface area contributed by atoms with Crippen molar-refractivity contribution in [3.8, 4) is 11.1 Å². The highest BCUT2D eigenvalue weighted by molar-refractivity contribution is 7.91. The molecule has 9 heteroatoms. The molecule has 3 aromatic carbocycles. The zero-order valence-corrected chi connectivity index (χ0v) is 18.3. The summed E-state index contributed by atoms with van der Waals surface area (Å²) in [5.74, 6) is -0.0784. The topological polar surface area (TPSA) is 104 Å². The van der Waals surface area contributed by atoms with Crippen molar-refractivity contribution in [2.45, 2.75) is 18.6 Å². The summed E-state index contributed by atoms with van der Waals surface area (Å²) in [7, 11) is -3.67. The Morgan fingerprint density at radius 1 is 1.03 bits per heavy atom. The van der Waals surface area contributed by atoms with E-state index in [1.54, 1.807) is 18.2 Å². The van der Waals surface area contributed by atoms with Crippen molar-refractivity contribution in [3.63, 3.8) is 0 Å². The minimum Gasteiger partial charge on any atom is -0.308 e. The molecule has 1 aliphatic rings. The van der Waals surface area contributed by atoms with Crippen molar-refractivity contribution in [1.29, 1.82) is 0 Å². The first-order valence-corrected chi connectivity index (χ1v) is 12.2. The van der Waals surface area contributed by atoms with Crippen LogP contribution >= 0.6 is 0 Å². The van der Waals surface area contributed by atoms with E-state index in [4.69, 9.17) is 0 Å². The van der Waals surface area contributed by atoms with Gasteiger partial charge in [0.15, 0.2) is 5.82 Å². The second-order valence-corrected chi connectivity index (χ2v) is 9.89. The fourth-order valence-electron chi connectivity index (χ4n) is 3.64. The van der Waals surface area contributed by atoms with Gasteiger partial charge in [-0.1, -0.05) is 30.3 Å². The van der Waals surface area contributed by atoms with Gasteiger partial charge >= 0.3 is 0 Å². The molecule has 1 amide bonds. The molecule has 0 bridgehead atoms. The van der Waals surface area contributed by atoms with Gasteiger partial charge in [0, 0.05) is 17.0 Å². The second-order valence-electron chi connectivity index (χ2n) is 8.16. The molecule has 168 valence electrons. The molecule has 0 radical (unpaired) electrons. The standard InChI is InChI=1S/C24H21FN4O3S/c25-19-9-4-15(5-10-19)14-33(31,32)29-20-3-1-2-17(12-20)18-8-11-21-22(13-18)27-28-23(21)26-24(30)16-6-7-16/h1-5,8-13,16,29H,6-7,14H2,(H2,26,27,28,30). The fourth-order valence-corrected chi connectivity index (χ4v) is 4.83. The Balaban J connectivity index is 1.34. The number of amides is 1. The Bertz CT molecular complexity index is 1440. The van der Waals surface area contributed by atoms with E-state index < -0.39 is 15.8 Å². The average molecular weight is 465 g/mol. The maximum absolute atomic E-state index is 13.1. The molecule has 0 atom stereocenters. The molecule has 0 spiro atoms. The van der Waals surface area contributed by atoms with Crippen molar-refractivity contribution in [3.05, 3.63) is 78.1 Å². The van der Waals surface area contributed by atoms with Gasteiger partial charge in [-0.3, -0.25) is 14.6 Å². The highest BCUT2D eigenvalue weighted by Crippen LogP contribution is 2.32. The second kappa shape index (κ2) is 8.32. The lowest BCUT2D eigenvalue weighted by atomic mass is 10.0. The van der Waals surface area contributed by atoms with Gasteiger partial charge in [-0.25, -0.2) is 12.8 Å². The fraction of sp³-hybridized carbons (Fsp3) is 0.167. The largest absolute Gasteiger partial charge is 0.308 e. The van der Waals surface area contributed by atoms with Crippen LogP contribution in [0.25, 0.3) is 22.0 Å². The number of fused-ring (bicyclic) bond motifs is 1. The summed E-state index contributed by atoms with van der Waals surface area (Å²) in [5.41, 5.74) is 3.37. The number of hydrogen-bond acceptors (Lipinski definition) is 4. The molecule has 33 heavy (non-hydrogen) atoms. The monoisotopic (exact) mass is 464 g/mol.